The third-order valence-electron chi connectivity index (χ3n) is 5.05. The highest BCUT2D eigenvalue weighted by molar-refractivity contribution is 6.46. The van der Waals surface area contributed by atoms with Gasteiger partial charge in [-0.2, -0.15) is 0 Å². The van der Waals surface area contributed by atoms with Crippen LogP contribution < -0.4 is 4.74 Å². The Kier molecular flexibility index (Phi) is 5.79. The number of likely N-dealkylation sites (N-methyl/N-ethyl adjacent to an activating group) is 1. The number of rotatable bonds is 6. The van der Waals surface area contributed by atoms with Gasteiger partial charge in [-0.25, -0.2) is 0 Å². The van der Waals surface area contributed by atoms with Gasteiger partial charge in [-0.1, -0.05) is 0 Å². The number of carbonyl (C=O) groups excluding carboxylic acids is 2. The molecular formula is C22H26N2O5. The van der Waals surface area contributed by atoms with Crippen LogP contribution in [0.4, 0.5) is 0 Å². The molecule has 3 rings (SSSR count). The summed E-state index contributed by atoms with van der Waals surface area (Å²) in [4.78, 5) is 29.1. The summed E-state index contributed by atoms with van der Waals surface area (Å²) < 4.78 is 11.0. The fourth-order valence-electron chi connectivity index (χ4n) is 3.49. The number of methoxy groups -OCH3 is 1. The SMILES string of the molecule is COc1ccc(/C(O)=C2/C(=O)C(=O)N(CCN(C)C)C2c2ccc(C)o2)c(C)c1. The first kappa shape index (κ1) is 20.7. The van der Waals surface area contributed by atoms with Crippen molar-refractivity contribution in [2.75, 3.05) is 34.3 Å². The quantitative estimate of drug-likeness (QED) is 0.458. The number of amides is 1. The molecule has 1 saturated heterocycles. The summed E-state index contributed by atoms with van der Waals surface area (Å²) in [5, 5.41) is 11.1. The van der Waals surface area contributed by atoms with Gasteiger partial charge in [0, 0.05) is 18.7 Å². The minimum absolute atomic E-state index is 0.0383. The van der Waals surface area contributed by atoms with Crippen molar-refractivity contribution in [3.8, 4) is 5.75 Å². The van der Waals surface area contributed by atoms with E-state index in [9.17, 15) is 14.7 Å². The summed E-state index contributed by atoms with van der Waals surface area (Å²) >= 11 is 0. The van der Waals surface area contributed by atoms with Crippen molar-refractivity contribution in [1.82, 2.24) is 9.80 Å². The van der Waals surface area contributed by atoms with Gasteiger partial charge in [0.1, 0.15) is 29.1 Å². The summed E-state index contributed by atoms with van der Waals surface area (Å²) in [5.41, 5.74) is 1.25. The number of aliphatic hydroxyl groups is 1. The standard InChI is InChI=1S/C22H26N2O5/c1-13-12-15(28-5)7-8-16(13)20(25)18-19(17-9-6-14(2)29-17)24(11-10-23(3)4)22(27)21(18)26/h6-9,12,19,25H,10-11H2,1-5H3/b20-18-. The zero-order valence-corrected chi connectivity index (χ0v) is 17.4. The Hall–Kier alpha value is -3.06. The highest BCUT2D eigenvalue weighted by Gasteiger charge is 2.47. The number of ether oxygens (including phenoxy) is 1. The summed E-state index contributed by atoms with van der Waals surface area (Å²) in [5.74, 6) is 0.194. The first-order valence-corrected chi connectivity index (χ1v) is 9.39. The smallest absolute Gasteiger partial charge is 0.295 e. The molecule has 1 aliphatic heterocycles. The average Bonchev–Trinajstić information content (AvgIpc) is 3.21. The van der Waals surface area contributed by atoms with Gasteiger partial charge in [0.05, 0.1) is 12.7 Å². The number of hydrogen-bond acceptors (Lipinski definition) is 6. The van der Waals surface area contributed by atoms with Gasteiger partial charge in [0.2, 0.25) is 0 Å². The molecule has 1 unspecified atom stereocenters. The molecule has 0 bridgehead atoms. The Morgan fingerprint density at radius 1 is 1.21 bits per heavy atom. The molecular weight excluding hydrogens is 372 g/mol. The van der Waals surface area contributed by atoms with Gasteiger partial charge < -0.3 is 24.1 Å². The third-order valence-corrected chi connectivity index (χ3v) is 5.05. The van der Waals surface area contributed by atoms with E-state index in [1.165, 1.54) is 4.90 Å². The fraction of sp³-hybridized carbons (Fsp3) is 0.364. The van der Waals surface area contributed by atoms with E-state index in [1.54, 1.807) is 44.4 Å². The number of furan rings is 1. The number of hydrogen-bond donors (Lipinski definition) is 1. The minimum atomic E-state index is -0.773. The molecule has 0 spiro atoms. The van der Waals surface area contributed by atoms with E-state index in [2.05, 4.69) is 0 Å². The minimum Gasteiger partial charge on any atom is -0.507 e. The van der Waals surface area contributed by atoms with Crippen LogP contribution in [0.5, 0.6) is 5.75 Å². The summed E-state index contributed by atoms with van der Waals surface area (Å²) in [6.45, 7) is 4.51. The molecule has 0 aliphatic carbocycles. The molecule has 1 aromatic carbocycles. The molecule has 0 saturated carbocycles. The molecule has 1 atom stereocenters. The summed E-state index contributed by atoms with van der Waals surface area (Å²) in [6, 6.07) is 7.90. The average molecular weight is 398 g/mol. The number of carbonyl (C=O) groups is 2. The maximum atomic E-state index is 12.9. The fourth-order valence-corrected chi connectivity index (χ4v) is 3.49. The predicted octanol–water partition coefficient (Wildman–Crippen LogP) is 2.89. The second-order valence-electron chi connectivity index (χ2n) is 7.43. The van der Waals surface area contributed by atoms with Gasteiger partial charge in [0.25, 0.3) is 11.7 Å². The van der Waals surface area contributed by atoms with Crippen LogP contribution in [-0.4, -0.2) is 60.9 Å². The van der Waals surface area contributed by atoms with Gasteiger partial charge in [0.15, 0.2) is 0 Å². The molecule has 1 aliphatic rings. The van der Waals surface area contributed by atoms with Crippen molar-refractivity contribution in [1.29, 1.82) is 0 Å². The maximum Gasteiger partial charge on any atom is 0.295 e. The van der Waals surface area contributed by atoms with E-state index < -0.39 is 17.7 Å². The van der Waals surface area contributed by atoms with E-state index >= 15 is 0 Å². The Morgan fingerprint density at radius 3 is 2.48 bits per heavy atom. The van der Waals surface area contributed by atoms with Crippen molar-refractivity contribution in [3.05, 3.63) is 58.6 Å². The highest BCUT2D eigenvalue weighted by atomic mass is 16.5. The number of nitrogens with zero attached hydrogens (tertiary/aromatic N) is 2. The predicted molar refractivity (Wildman–Crippen MR) is 109 cm³/mol. The number of ketones is 1. The van der Waals surface area contributed by atoms with E-state index in [-0.39, 0.29) is 11.3 Å². The number of benzene rings is 1. The molecule has 7 nitrogen and oxygen atoms in total. The highest BCUT2D eigenvalue weighted by Crippen LogP contribution is 2.40. The second-order valence-corrected chi connectivity index (χ2v) is 7.43. The van der Waals surface area contributed by atoms with Crippen molar-refractivity contribution in [2.45, 2.75) is 19.9 Å². The van der Waals surface area contributed by atoms with E-state index in [4.69, 9.17) is 9.15 Å². The van der Waals surface area contributed by atoms with Crippen LogP contribution in [0.1, 0.15) is 28.7 Å². The van der Waals surface area contributed by atoms with Gasteiger partial charge in [-0.3, -0.25) is 9.59 Å². The van der Waals surface area contributed by atoms with Crippen molar-refractivity contribution >= 4 is 17.4 Å². The molecule has 1 N–H and O–H groups in total. The van der Waals surface area contributed by atoms with Crippen LogP contribution in [0, 0.1) is 13.8 Å². The Bertz CT molecular complexity index is 973. The van der Waals surface area contributed by atoms with E-state index in [0.29, 0.717) is 35.9 Å². The zero-order chi connectivity index (χ0) is 21.3. The topological polar surface area (TPSA) is 83.2 Å². The van der Waals surface area contributed by atoms with E-state index in [0.717, 1.165) is 5.56 Å². The first-order chi connectivity index (χ1) is 13.7. The molecule has 0 radical (unpaired) electrons. The lowest BCUT2D eigenvalue weighted by Gasteiger charge is -2.24. The van der Waals surface area contributed by atoms with Crippen molar-refractivity contribution in [2.24, 2.45) is 0 Å². The van der Waals surface area contributed by atoms with Crippen molar-refractivity contribution < 1.29 is 23.8 Å². The Morgan fingerprint density at radius 2 is 1.93 bits per heavy atom. The molecule has 1 amide bonds. The molecule has 154 valence electrons. The van der Waals surface area contributed by atoms with Crippen LogP contribution in [0.2, 0.25) is 0 Å². The number of likely N-dealkylation sites (tertiary alicyclic amines) is 1. The number of aliphatic hydroxyl groups excluding tert-OH is 1. The van der Waals surface area contributed by atoms with Crippen LogP contribution in [0.25, 0.3) is 5.76 Å². The Labute approximate surface area is 170 Å². The lowest BCUT2D eigenvalue weighted by atomic mass is 9.97. The lowest BCUT2D eigenvalue weighted by Crippen LogP contribution is -2.35. The molecule has 7 heteroatoms. The van der Waals surface area contributed by atoms with Gasteiger partial charge in [-0.15, -0.1) is 0 Å². The van der Waals surface area contributed by atoms with Gasteiger partial charge in [-0.05, 0) is 63.8 Å². The van der Waals surface area contributed by atoms with Gasteiger partial charge >= 0.3 is 0 Å². The summed E-state index contributed by atoms with van der Waals surface area (Å²) in [7, 11) is 5.34. The molecule has 2 aromatic rings. The first-order valence-electron chi connectivity index (χ1n) is 9.39. The zero-order valence-electron chi connectivity index (χ0n) is 17.4. The second kappa shape index (κ2) is 8.13. The van der Waals surface area contributed by atoms with E-state index in [1.807, 2.05) is 25.9 Å². The van der Waals surface area contributed by atoms with Crippen LogP contribution in [0.15, 0.2) is 40.3 Å². The third kappa shape index (κ3) is 3.91. The molecule has 2 heterocycles. The van der Waals surface area contributed by atoms with Crippen molar-refractivity contribution in [3.63, 3.8) is 0 Å². The number of aryl methyl sites for hydroxylation is 2. The van der Waals surface area contributed by atoms with Crippen LogP contribution in [-0.2, 0) is 9.59 Å². The molecule has 29 heavy (non-hydrogen) atoms. The normalized spacial score (nSPS) is 18.7. The van der Waals surface area contributed by atoms with Crippen LogP contribution in [0.3, 0.4) is 0 Å². The Balaban J connectivity index is 2.14. The summed E-state index contributed by atoms with van der Waals surface area (Å²) in [6.07, 6.45) is 0. The molecule has 1 aromatic heterocycles. The monoisotopic (exact) mass is 398 g/mol. The largest absolute Gasteiger partial charge is 0.507 e. The molecule has 1 fully saturated rings. The number of Topliss-reactive ketones (excluding diaryl/α,β-unsaturated/α-hetero) is 1. The lowest BCUT2D eigenvalue weighted by molar-refractivity contribution is -0.140. The van der Waals surface area contributed by atoms with Crippen LogP contribution >= 0.6 is 0 Å². The maximum absolute atomic E-state index is 12.9.